The predicted octanol–water partition coefficient (Wildman–Crippen LogP) is 1.32. The van der Waals surface area contributed by atoms with Gasteiger partial charge in [0.05, 0.1) is 6.61 Å². The number of hydrogen-bond donors (Lipinski definition) is 0. The fraction of sp³-hybridized carbons (Fsp3) is 0.818. The highest BCUT2D eigenvalue weighted by Crippen LogP contribution is 2.21. The van der Waals surface area contributed by atoms with Crippen LogP contribution < -0.4 is 0 Å². The summed E-state index contributed by atoms with van der Waals surface area (Å²) in [5.41, 5.74) is -1.99. The fourth-order valence-electron chi connectivity index (χ4n) is 1.41. The monoisotopic (exact) mass is 261 g/mol. The Balaban J connectivity index is 5.07. The number of esters is 2. The Hall–Kier alpha value is -1.66. The molecule has 0 aromatic heterocycles. The number of rotatable bonds is 8. The maximum Gasteiger partial charge on any atom is 0.388 e. The number of carbonyl (C=O) groups is 2. The molecule has 0 amide bonds. The molecular weight excluding hydrogens is 242 g/mol. The summed E-state index contributed by atoms with van der Waals surface area (Å²) in [5.74, 6) is -1.62. The Morgan fingerprint density at radius 1 is 1.28 bits per heavy atom. The van der Waals surface area contributed by atoms with Crippen molar-refractivity contribution >= 4 is 11.9 Å². The summed E-state index contributed by atoms with van der Waals surface area (Å²) in [4.78, 5) is 33.0. The van der Waals surface area contributed by atoms with Gasteiger partial charge in [-0.2, -0.15) is 0 Å². The van der Waals surface area contributed by atoms with Crippen LogP contribution in [0, 0.1) is 10.1 Å². The molecular formula is C11H19NO6. The molecule has 0 spiro atoms. The van der Waals surface area contributed by atoms with Gasteiger partial charge in [-0.05, 0) is 13.3 Å². The Morgan fingerprint density at radius 3 is 2.28 bits per heavy atom. The first-order chi connectivity index (χ1) is 8.40. The zero-order valence-corrected chi connectivity index (χ0v) is 10.9. The molecule has 0 bridgehead atoms. The summed E-state index contributed by atoms with van der Waals surface area (Å²) in [6, 6.07) is 0. The molecule has 18 heavy (non-hydrogen) atoms. The van der Waals surface area contributed by atoms with Crippen molar-refractivity contribution in [2.75, 3.05) is 13.2 Å². The van der Waals surface area contributed by atoms with Gasteiger partial charge in [0.1, 0.15) is 0 Å². The summed E-state index contributed by atoms with van der Waals surface area (Å²) in [7, 11) is 0. The van der Waals surface area contributed by atoms with Gasteiger partial charge >= 0.3 is 17.5 Å². The minimum Gasteiger partial charge on any atom is -0.461 e. The van der Waals surface area contributed by atoms with Crippen LogP contribution in [-0.4, -0.2) is 35.6 Å². The normalized spacial score (nSPS) is 13.5. The Bertz CT molecular complexity index is 317. The second-order valence-electron chi connectivity index (χ2n) is 3.89. The smallest absolute Gasteiger partial charge is 0.388 e. The van der Waals surface area contributed by atoms with Crippen molar-refractivity contribution in [2.24, 2.45) is 0 Å². The molecule has 1 atom stereocenters. The van der Waals surface area contributed by atoms with Gasteiger partial charge in [-0.3, -0.25) is 14.9 Å². The first kappa shape index (κ1) is 16.3. The van der Waals surface area contributed by atoms with E-state index in [1.165, 1.54) is 0 Å². The predicted molar refractivity (Wildman–Crippen MR) is 62.5 cm³/mol. The number of carbonyl (C=O) groups excluding carboxylic acids is 2. The van der Waals surface area contributed by atoms with E-state index in [1.807, 2.05) is 6.92 Å². The lowest BCUT2D eigenvalue weighted by Crippen LogP contribution is -2.51. The third-order valence-corrected chi connectivity index (χ3v) is 2.46. The highest BCUT2D eigenvalue weighted by Gasteiger charge is 2.53. The minimum absolute atomic E-state index is 0.0113. The first-order valence-corrected chi connectivity index (χ1v) is 5.85. The van der Waals surface area contributed by atoms with Crippen molar-refractivity contribution < 1.29 is 24.0 Å². The third kappa shape index (κ3) is 4.31. The van der Waals surface area contributed by atoms with Gasteiger partial charge in [-0.15, -0.1) is 0 Å². The van der Waals surface area contributed by atoms with E-state index in [-0.39, 0.29) is 13.0 Å². The van der Waals surface area contributed by atoms with E-state index in [2.05, 4.69) is 4.74 Å². The molecule has 0 radical (unpaired) electrons. The minimum atomic E-state index is -1.99. The van der Waals surface area contributed by atoms with Crippen LogP contribution in [0.4, 0.5) is 0 Å². The van der Waals surface area contributed by atoms with Crippen molar-refractivity contribution in [1.29, 1.82) is 0 Å². The maximum absolute atomic E-state index is 11.8. The Morgan fingerprint density at radius 2 is 1.89 bits per heavy atom. The molecule has 0 saturated carbocycles. The molecule has 0 aromatic carbocycles. The summed E-state index contributed by atoms with van der Waals surface area (Å²) in [6.07, 6.45) is 1.15. The standard InChI is InChI=1S/C11H19NO6/c1-4-6-7-11(12(15)16,8-18-9(3)13)10(14)17-5-2/h4-8H2,1-3H3. The molecule has 0 aliphatic rings. The summed E-state index contributed by atoms with van der Waals surface area (Å²) < 4.78 is 9.38. The fourth-order valence-corrected chi connectivity index (χ4v) is 1.41. The average Bonchev–Trinajstić information content (AvgIpc) is 2.29. The second-order valence-corrected chi connectivity index (χ2v) is 3.89. The van der Waals surface area contributed by atoms with Crippen LogP contribution in [0.2, 0.25) is 0 Å². The molecule has 0 rings (SSSR count). The molecule has 104 valence electrons. The summed E-state index contributed by atoms with van der Waals surface area (Å²) in [6.45, 7) is 4.00. The topological polar surface area (TPSA) is 95.7 Å². The Labute approximate surface area is 106 Å². The highest BCUT2D eigenvalue weighted by molar-refractivity contribution is 5.80. The second kappa shape index (κ2) is 7.62. The lowest BCUT2D eigenvalue weighted by Gasteiger charge is -2.22. The van der Waals surface area contributed by atoms with Crippen LogP contribution in [0.3, 0.4) is 0 Å². The molecule has 0 saturated heterocycles. The van der Waals surface area contributed by atoms with E-state index >= 15 is 0 Å². The van der Waals surface area contributed by atoms with Gasteiger partial charge in [0, 0.05) is 18.3 Å². The van der Waals surface area contributed by atoms with Gasteiger partial charge in [0.25, 0.3) is 0 Å². The first-order valence-electron chi connectivity index (χ1n) is 5.85. The van der Waals surface area contributed by atoms with E-state index in [0.29, 0.717) is 12.8 Å². The zero-order chi connectivity index (χ0) is 14.2. The van der Waals surface area contributed by atoms with Crippen LogP contribution in [0.1, 0.15) is 40.0 Å². The number of nitro groups is 1. The SMILES string of the molecule is CCCCC(COC(C)=O)(C(=O)OCC)[N+](=O)[O-]. The number of hydrogen-bond acceptors (Lipinski definition) is 6. The molecule has 0 aliphatic carbocycles. The van der Waals surface area contributed by atoms with E-state index in [4.69, 9.17) is 4.74 Å². The summed E-state index contributed by atoms with van der Waals surface area (Å²) >= 11 is 0. The average molecular weight is 261 g/mol. The van der Waals surface area contributed by atoms with Crippen molar-refractivity contribution in [2.45, 2.75) is 45.6 Å². The highest BCUT2D eigenvalue weighted by atomic mass is 16.6. The van der Waals surface area contributed by atoms with Crippen LogP contribution in [-0.2, 0) is 19.1 Å². The van der Waals surface area contributed by atoms with Crippen molar-refractivity contribution in [3.63, 3.8) is 0 Å². The van der Waals surface area contributed by atoms with Gasteiger partial charge in [0.15, 0.2) is 6.61 Å². The quantitative estimate of drug-likeness (QED) is 0.371. The zero-order valence-electron chi connectivity index (χ0n) is 10.9. The van der Waals surface area contributed by atoms with Crippen molar-refractivity contribution in [3.05, 3.63) is 10.1 Å². The van der Waals surface area contributed by atoms with E-state index < -0.39 is 29.0 Å². The lowest BCUT2D eigenvalue weighted by atomic mass is 9.94. The van der Waals surface area contributed by atoms with Gasteiger partial charge in [-0.1, -0.05) is 13.3 Å². The van der Waals surface area contributed by atoms with Gasteiger partial charge in [0.2, 0.25) is 0 Å². The van der Waals surface area contributed by atoms with Crippen LogP contribution in [0.5, 0.6) is 0 Å². The molecule has 0 fully saturated rings. The number of nitrogens with zero attached hydrogens (tertiary/aromatic N) is 1. The van der Waals surface area contributed by atoms with E-state index in [1.54, 1.807) is 6.92 Å². The maximum atomic E-state index is 11.8. The van der Waals surface area contributed by atoms with Crippen LogP contribution in [0.25, 0.3) is 0 Å². The van der Waals surface area contributed by atoms with E-state index in [9.17, 15) is 19.7 Å². The van der Waals surface area contributed by atoms with Gasteiger partial charge < -0.3 is 9.47 Å². The van der Waals surface area contributed by atoms with E-state index in [0.717, 1.165) is 6.92 Å². The van der Waals surface area contributed by atoms with Crippen LogP contribution >= 0.6 is 0 Å². The molecule has 0 aliphatic heterocycles. The molecule has 1 unspecified atom stereocenters. The molecule has 0 aromatic rings. The number of unbranched alkanes of at least 4 members (excludes halogenated alkanes) is 1. The molecule has 7 heteroatoms. The van der Waals surface area contributed by atoms with Gasteiger partial charge in [-0.25, -0.2) is 4.79 Å². The van der Waals surface area contributed by atoms with Crippen molar-refractivity contribution in [3.8, 4) is 0 Å². The molecule has 7 nitrogen and oxygen atoms in total. The largest absolute Gasteiger partial charge is 0.461 e. The number of ether oxygens (including phenoxy) is 2. The summed E-state index contributed by atoms with van der Waals surface area (Å²) in [5, 5.41) is 11.2. The lowest BCUT2D eigenvalue weighted by molar-refractivity contribution is -0.559. The third-order valence-electron chi connectivity index (χ3n) is 2.46. The molecule has 0 heterocycles. The van der Waals surface area contributed by atoms with Crippen molar-refractivity contribution in [1.82, 2.24) is 0 Å². The Kier molecular flexibility index (Phi) is 6.92. The molecule has 0 N–H and O–H groups in total. The van der Waals surface area contributed by atoms with Crippen LogP contribution in [0.15, 0.2) is 0 Å².